The van der Waals surface area contributed by atoms with E-state index in [-0.39, 0.29) is 10.8 Å². The van der Waals surface area contributed by atoms with Gasteiger partial charge in [-0.1, -0.05) is 25.3 Å². The molecule has 0 unspecified atom stereocenters. The monoisotopic (exact) mass is 177 g/mol. The van der Waals surface area contributed by atoms with Gasteiger partial charge in [0.2, 0.25) is 0 Å². The third kappa shape index (κ3) is 2.09. The Morgan fingerprint density at radius 1 is 1.73 bits per heavy atom. The van der Waals surface area contributed by atoms with Crippen molar-refractivity contribution in [3.63, 3.8) is 0 Å². The maximum atomic E-state index is 7.86. The number of nitrogens with zero attached hydrogens (tertiary/aromatic N) is 1. The number of hydrogen-bond acceptors (Lipinski definition) is 2. The maximum Gasteiger partial charge on any atom is 0.131 e. The van der Waals surface area contributed by atoms with Crippen molar-refractivity contribution >= 4 is 17.3 Å². The number of aromatic nitrogens is 1. The smallest absolute Gasteiger partial charge is 0.131 e. The second-order valence-corrected chi connectivity index (χ2v) is 2.37. The zero-order valence-corrected chi connectivity index (χ0v) is 6.31. The summed E-state index contributed by atoms with van der Waals surface area (Å²) in [5.74, 6) is -2.88. The lowest BCUT2D eigenvalue weighted by molar-refractivity contribution is 0.824. The molecule has 0 atom stereocenters. The minimum Gasteiger partial charge on any atom is -0.399 e. The maximum absolute atomic E-state index is 7.86. The van der Waals surface area contributed by atoms with Gasteiger partial charge in [-0.25, -0.2) is 4.98 Å². The van der Waals surface area contributed by atoms with Gasteiger partial charge < -0.3 is 5.73 Å². The van der Waals surface area contributed by atoms with E-state index >= 15 is 0 Å². The van der Waals surface area contributed by atoms with Crippen molar-refractivity contribution in [3.8, 4) is 0 Å². The number of pyridine rings is 1. The number of anilines is 1. The third-order valence-corrected chi connectivity index (χ3v) is 1.27. The minimum absolute atomic E-state index is 0.0510. The molecule has 1 aromatic heterocycles. The molecule has 1 heterocycles. The molecule has 0 aliphatic rings. The zero-order valence-electron chi connectivity index (χ0n) is 12.6. The summed E-state index contributed by atoms with van der Waals surface area (Å²) in [6.45, 7) is -6.19. The van der Waals surface area contributed by atoms with Gasteiger partial charge in [-0.05, 0) is 18.0 Å². The molecule has 0 fully saturated rings. The van der Waals surface area contributed by atoms with Crippen LogP contribution < -0.4 is 5.73 Å². The quantitative estimate of drug-likeness (QED) is 0.670. The van der Waals surface area contributed by atoms with E-state index in [1.165, 1.54) is 6.07 Å². The highest BCUT2D eigenvalue weighted by molar-refractivity contribution is 6.29. The second kappa shape index (κ2) is 3.09. The fourth-order valence-electron chi connectivity index (χ4n) is 0.645. The molecule has 1 rings (SSSR count). The molecule has 0 spiro atoms. The Labute approximate surface area is 81.2 Å². The molecular weight excluding hydrogens is 160 g/mol. The highest BCUT2D eigenvalue weighted by Crippen LogP contribution is 2.18. The molecule has 3 heteroatoms. The van der Waals surface area contributed by atoms with Crippen molar-refractivity contribution in [2.75, 3.05) is 5.73 Å². The molecule has 0 saturated heterocycles. The van der Waals surface area contributed by atoms with E-state index in [0.29, 0.717) is 0 Å². The lowest BCUT2D eigenvalue weighted by Crippen LogP contribution is -1.95. The first kappa shape index (κ1) is 2.94. The first-order valence-electron chi connectivity index (χ1n) is 6.33. The molecule has 1 aromatic rings. The van der Waals surface area contributed by atoms with Gasteiger partial charge in [0.15, 0.2) is 0 Å². The Kier molecular flexibility index (Phi) is 0.827. The number of halogens is 1. The van der Waals surface area contributed by atoms with Crippen LogP contribution in [-0.2, 0) is 0 Å². The van der Waals surface area contributed by atoms with Crippen LogP contribution in [0.4, 0.5) is 5.69 Å². The van der Waals surface area contributed by atoms with Gasteiger partial charge in [0, 0.05) is 21.0 Å². The van der Waals surface area contributed by atoms with Gasteiger partial charge in [-0.3, -0.25) is 0 Å². The number of nitrogen functional groups attached to an aromatic ring is 1. The Hall–Kier alpha value is -0.760. The van der Waals surface area contributed by atoms with Crippen molar-refractivity contribution in [2.45, 2.75) is 19.6 Å². The number of rotatable bonds is 1. The first-order valence-corrected chi connectivity index (χ1v) is 3.21. The summed E-state index contributed by atoms with van der Waals surface area (Å²) in [5, 5.41) is -0.157. The largest absolute Gasteiger partial charge is 0.399 e. The average molecular weight is 178 g/mol. The summed E-state index contributed by atoms with van der Waals surface area (Å²) in [6.07, 6.45) is 0. The molecule has 0 amide bonds. The van der Waals surface area contributed by atoms with Crippen molar-refractivity contribution < 1.29 is 9.60 Å². The van der Waals surface area contributed by atoms with Crippen LogP contribution in [0.5, 0.6) is 0 Å². The lowest BCUT2D eigenvalue weighted by atomic mass is 10.1. The van der Waals surface area contributed by atoms with Crippen molar-refractivity contribution in [1.29, 1.82) is 0 Å². The van der Waals surface area contributed by atoms with E-state index in [1.54, 1.807) is 0 Å². The predicted octanol–water partition coefficient (Wildman–Crippen LogP) is 2.44. The summed E-state index contributed by atoms with van der Waals surface area (Å²) in [4.78, 5) is 3.62. The van der Waals surface area contributed by atoms with Crippen molar-refractivity contribution in [2.24, 2.45) is 0 Å². The lowest BCUT2D eigenvalue weighted by Gasteiger charge is -2.04. The number of nitrogens with two attached hydrogens (primary N) is 1. The molecular formula is C8H11ClN2. The second-order valence-electron chi connectivity index (χ2n) is 1.98. The van der Waals surface area contributed by atoms with E-state index in [4.69, 9.17) is 26.9 Å². The Morgan fingerprint density at radius 2 is 2.45 bits per heavy atom. The van der Waals surface area contributed by atoms with Gasteiger partial charge in [0.1, 0.15) is 5.15 Å². The summed E-state index contributed by atoms with van der Waals surface area (Å²) in [6, 6.07) is 2.28. The van der Waals surface area contributed by atoms with Crippen LogP contribution in [0.1, 0.15) is 34.9 Å². The van der Waals surface area contributed by atoms with Crippen LogP contribution in [-0.4, -0.2) is 4.98 Å². The van der Waals surface area contributed by atoms with Crippen LogP contribution >= 0.6 is 11.6 Å². The van der Waals surface area contributed by atoms with Crippen LogP contribution in [0, 0.1) is 0 Å². The fourth-order valence-corrected chi connectivity index (χ4v) is 0.862. The fraction of sp³-hybridized carbons (Fsp3) is 0.375. The molecule has 0 saturated carbocycles. The highest BCUT2D eigenvalue weighted by Gasteiger charge is 2.02. The Morgan fingerprint density at radius 3 is 3.00 bits per heavy atom. The minimum atomic E-state index is -3.09. The SMILES string of the molecule is [2H]C([2H])([2H])C([2H])(c1cc(N)cc(Cl)n1)C([2H])([2H])[2H]. The van der Waals surface area contributed by atoms with E-state index in [0.717, 1.165) is 6.07 Å². The molecule has 2 nitrogen and oxygen atoms in total. The summed E-state index contributed by atoms with van der Waals surface area (Å²) < 4.78 is 51.5. The van der Waals surface area contributed by atoms with Gasteiger partial charge in [0.05, 0.1) is 0 Å². The van der Waals surface area contributed by atoms with E-state index in [1.807, 2.05) is 0 Å². The van der Waals surface area contributed by atoms with Gasteiger partial charge in [0.25, 0.3) is 0 Å². The van der Waals surface area contributed by atoms with Crippen LogP contribution in [0.25, 0.3) is 0 Å². The third-order valence-electron chi connectivity index (χ3n) is 1.07. The molecule has 2 N–H and O–H groups in total. The zero-order chi connectivity index (χ0) is 14.4. The van der Waals surface area contributed by atoms with Crippen molar-refractivity contribution in [1.82, 2.24) is 4.98 Å². The highest BCUT2D eigenvalue weighted by atomic mass is 35.5. The van der Waals surface area contributed by atoms with Crippen LogP contribution in [0.2, 0.25) is 5.15 Å². The molecule has 0 aliphatic carbocycles. The van der Waals surface area contributed by atoms with E-state index in [2.05, 4.69) is 4.98 Å². The van der Waals surface area contributed by atoms with Crippen LogP contribution in [0.3, 0.4) is 0 Å². The van der Waals surface area contributed by atoms with Gasteiger partial charge in [-0.15, -0.1) is 0 Å². The normalized spacial score (nSPS) is 23.2. The summed E-state index contributed by atoms with van der Waals surface area (Å²) in [7, 11) is 0. The molecule has 0 aliphatic heterocycles. The molecule has 60 valence electrons. The standard InChI is InChI=1S/C8H11ClN2/c1-5(2)7-3-6(10)4-8(9)11-7/h3-5H,1-2H3,(H2,10,11)/i1D3,2D3,5D. The predicted molar refractivity (Wildman–Crippen MR) is 47.7 cm³/mol. The average Bonchev–Trinajstić information content (AvgIpc) is 2.11. The molecule has 0 radical (unpaired) electrons. The molecule has 0 bridgehead atoms. The topological polar surface area (TPSA) is 38.9 Å². The van der Waals surface area contributed by atoms with Crippen molar-refractivity contribution in [3.05, 3.63) is 23.0 Å². The summed E-state index contributed by atoms with van der Waals surface area (Å²) in [5.41, 5.74) is 5.03. The van der Waals surface area contributed by atoms with E-state index < -0.39 is 25.3 Å². The van der Waals surface area contributed by atoms with E-state index in [9.17, 15) is 0 Å². The Bertz CT molecular complexity index is 419. The van der Waals surface area contributed by atoms with Gasteiger partial charge in [-0.2, -0.15) is 0 Å². The number of hydrogen-bond donors (Lipinski definition) is 1. The van der Waals surface area contributed by atoms with Crippen LogP contribution in [0.15, 0.2) is 12.1 Å². The summed E-state index contributed by atoms with van der Waals surface area (Å²) >= 11 is 5.61. The molecule has 0 aromatic carbocycles. The molecule has 11 heavy (non-hydrogen) atoms. The Balaban J connectivity index is 3.55. The first-order chi connectivity index (χ1) is 7.89. The van der Waals surface area contributed by atoms with Gasteiger partial charge >= 0.3 is 0 Å².